The van der Waals surface area contributed by atoms with Crippen LogP contribution in [0, 0.1) is 0 Å². The van der Waals surface area contributed by atoms with Crippen molar-refractivity contribution in [3.05, 3.63) is 28.9 Å². The maximum Gasteiger partial charge on any atom is 0.150 e. The maximum atomic E-state index is 6.44. The number of benzene rings is 1. The second-order valence-electron chi connectivity index (χ2n) is 5.71. The molecule has 1 saturated heterocycles. The van der Waals surface area contributed by atoms with Gasteiger partial charge in [0.2, 0.25) is 0 Å². The van der Waals surface area contributed by atoms with Gasteiger partial charge in [-0.15, -0.1) is 0 Å². The van der Waals surface area contributed by atoms with E-state index in [9.17, 15) is 0 Å². The Morgan fingerprint density at radius 3 is 3.13 bits per heavy atom. The van der Waals surface area contributed by atoms with E-state index in [-0.39, 0.29) is 6.23 Å². The molecule has 4 nitrogen and oxygen atoms in total. The van der Waals surface area contributed by atoms with Gasteiger partial charge in [-0.3, -0.25) is 0 Å². The molecule has 1 atom stereocenters. The van der Waals surface area contributed by atoms with Crippen LogP contribution in [0.1, 0.15) is 37.5 Å². The van der Waals surface area contributed by atoms with Gasteiger partial charge in [0.05, 0.1) is 11.7 Å². The summed E-state index contributed by atoms with van der Waals surface area (Å²) in [7, 11) is 8.00. The molecule has 0 bridgehead atoms. The van der Waals surface area contributed by atoms with Gasteiger partial charge in [-0.1, -0.05) is 29.2 Å². The van der Waals surface area contributed by atoms with Crippen LogP contribution in [0.5, 0.6) is 0 Å². The van der Waals surface area contributed by atoms with Gasteiger partial charge >= 0.3 is 0 Å². The van der Waals surface area contributed by atoms with Crippen LogP contribution in [-0.4, -0.2) is 38.0 Å². The quantitative estimate of drug-likeness (QED) is 0.624. The zero-order valence-electron chi connectivity index (χ0n) is 13.3. The summed E-state index contributed by atoms with van der Waals surface area (Å²) in [6, 6.07) is 1.92. The van der Waals surface area contributed by atoms with Gasteiger partial charge in [0, 0.05) is 30.7 Å². The number of rotatable bonds is 5. The zero-order chi connectivity index (χ0) is 16.2. The van der Waals surface area contributed by atoms with Crippen LogP contribution in [-0.2, 0) is 9.47 Å². The molecule has 1 fully saturated rings. The third kappa shape index (κ3) is 3.47. The highest BCUT2D eigenvalue weighted by Crippen LogP contribution is 2.28. The molecule has 2 radical (unpaired) electrons. The Balaban J connectivity index is 1.95. The minimum absolute atomic E-state index is 0.0280. The number of halogens is 1. The maximum absolute atomic E-state index is 6.44. The summed E-state index contributed by atoms with van der Waals surface area (Å²) < 4.78 is 12.8. The summed E-state index contributed by atoms with van der Waals surface area (Å²) >= 11 is 6.44. The number of aromatic nitrogens is 2. The molecule has 1 unspecified atom stereocenters. The lowest BCUT2D eigenvalue weighted by molar-refractivity contribution is -0.0366. The largest absolute Gasteiger partial charge is 0.384 e. The van der Waals surface area contributed by atoms with E-state index in [1.807, 2.05) is 22.9 Å². The zero-order valence-corrected chi connectivity index (χ0v) is 14.1. The molecule has 2 aromatic rings. The van der Waals surface area contributed by atoms with Crippen molar-refractivity contribution >= 4 is 41.9 Å². The first kappa shape index (κ1) is 16.6. The predicted octanol–water partition coefficient (Wildman–Crippen LogP) is 3.23. The van der Waals surface area contributed by atoms with E-state index < -0.39 is 0 Å². The molecule has 1 aromatic carbocycles. The SMILES string of the molecule is [B]c1c(/C=C\CCOC)c(Cl)cc2c1cnn2C1CCCCO1. The molecule has 2 heterocycles. The third-order valence-corrected chi connectivity index (χ3v) is 4.45. The Hall–Kier alpha value is -1.30. The molecule has 1 aliphatic heterocycles. The molecule has 23 heavy (non-hydrogen) atoms. The van der Waals surface area contributed by atoms with Gasteiger partial charge < -0.3 is 9.47 Å². The van der Waals surface area contributed by atoms with Crippen LogP contribution in [0.4, 0.5) is 0 Å². The van der Waals surface area contributed by atoms with Crippen LogP contribution in [0.25, 0.3) is 17.0 Å². The smallest absolute Gasteiger partial charge is 0.150 e. The fraction of sp³-hybridized carbons (Fsp3) is 0.471. The summed E-state index contributed by atoms with van der Waals surface area (Å²) in [5.74, 6) is 0. The van der Waals surface area contributed by atoms with Crippen LogP contribution in [0.3, 0.4) is 0 Å². The lowest BCUT2D eigenvalue weighted by atomic mass is 9.87. The number of methoxy groups -OCH3 is 1. The molecule has 120 valence electrons. The Labute approximate surface area is 142 Å². The van der Waals surface area contributed by atoms with Gasteiger partial charge in [0.1, 0.15) is 7.85 Å². The van der Waals surface area contributed by atoms with Crippen molar-refractivity contribution in [1.82, 2.24) is 9.78 Å². The fourth-order valence-corrected chi connectivity index (χ4v) is 3.17. The van der Waals surface area contributed by atoms with E-state index in [1.54, 1.807) is 13.3 Å². The number of ether oxygens (including phenoxy) is 2. The predicted molar refractivity (Wildman–Crippen MR) is 94.5 cm³/mol. The molecule has 1 aromatic heterocycles. The fourth-order valence-electron chi connectivity index (χ4n) is 2.90. The van der Waals surface area contributed by atoms with Gasteiger partial charge in [-0.2, -0.15) is 5.10 Å². The van der Waals surface area contributed by atoms with Crippen LogP contribution >= 0.6 is 11.6 Å². The summed E-state index contributed by atoms with van der Waals surface area (Å²) in [5.41, 5.74) is 2.41. The topological polar surface area (TPSA) is 36.3 Å². The highest BCUT2D eigenvalue weighted by molar-refractivity contribution is 6.44. The third-order valence-electron chi connectivity index (χ3n) is 4.14. The molecule has 0 spiro atoms. The average Bonchev–Trinajstić information content (AvgIpc) is 2.98. The average molecular weight is 331 g/mol. The second-order valence-corrected chi connectivity index (χ2v) is 6.12. The van der Waals surface area contributed by atoms with Gasteiger partial charge in [-0.25, -0.2) is 4.68 Å². The summed E-state index contributed by atoms with van der Waals surface area (Å²) in [4.78, 5) is 0. The highest BCUT2D eigenvalue weighted by Gasteiger charge is 2.20. The van der Waals surface area contributed by atoms with E-state index in [0.717, 1.165) is 48.8 Å². The minimum Gasteiger partial charge on any atom is -0.384 e. The van der Waals surface area contributed by atoms with Crippen LogP contribution in [0.15, 0.2) is 18.3 Å². The van der Waals surface area contributed by atoms with Crippen molar-refractivity contribution in [2.24, 2.45) is 0 Å². The lowest BCUT2D eigenvalue weighted by Gasteiger charge is -2.23. The summed E-state index contributed by atoms with van der Waals surface area (Å²) in [6.45, 7) is 1.45. The normalized spacial score (nSPS) is 19.0. The molecule has 3 rings (SSSR count). The molecule has 1 aliphatic rings. The molecule has 0 amide bonds. The van der Waals surface area contributed by atoms with Crippen LogP contribution in [0.2, 0.25) is 5.02 Å². The van der Waals surface area contributed by atoms with Crippen molar-refractivity contribution in [1.29, 1.82) is 0 Å². The van der Waals surface area contributed by atoms with E-state index in [2.05, 4.69) is 5.10 Å². The van der Waals surface area contributed by atoms with Crippen molar-refractivity contribution in [2.45, 2.75) is 31.9 Å². The molecule has 0 aliphatic carbocycles. The first-order valence-corrected chi connectivity index (χ1v) is 8.32. The van der Waals surface area contributed by atoms with E-state index in [4.69, 9.17) is 28.9 Å². The lowest BCUT2D eigenvalue weighted by Crippen LogP contribution is -2.19. The van der Waals surface area contributed by atoms with E-state index >= 15 is 0 Å². The number of nitrogens with zero attached hydrogens (tertiary/aromatic N) is 2. The molecular weight excluding hydrogens is 310 g/mol. The van der Waals surface area contributed by atoms with E-state index in [0.29, 0.717) is 17.1 Å². The Morgan fingerprint density at radius 1 is 1.52 bits per heavy atom. The van der Waals surface area contributed by atoms with Crippen molar-refractivity contribution in [2.75, 3.05) is 20.3 Å². The summed E-state index contributed by atoms with van der Waals surface area (Å²) in [5, 5.41) is 6.02. The first-order chi connectivity index (χ1) is 11.2. The first-order valence-electron chi connectivity index (χ1n) is 7.94. The van der Waals surface area contributed by atoms with Crippen molar-refractivity contribution in [3.63, 3.8) is 0 Å². The Bertz CT molecular complexity index is 708. The minimum atomic E-state index is -0.0280. The molecule has 0 N–H and O–H groups in total. The Morgan fingerprint density at radius 2 is 2.39 bits per heavy atom. The number of hydrogen-bond donors (Lipinski definition) is 0. The van der Waals surface area contributed by atoms with Crippen molar-refractivity contribution in [3.8, 4) is 0 Å². The van der Waals surface area contributed by atoms with Gasteiger partial charge in [-0.05, 0) is 37.3 Å². The van der Waals surface area contributed by atoms with Crippen molar-refractivity contribution < 1.29 is 9.47 Å². The summed E-state index contributed by atoms with van der Waals surface area (Å²) in [6.07, 6.45) is 9.77. The second kappa shape index (κ2) is 7.52. The van der Waals surface area contributed by atoms with Gasteiger partial charge in [0.15, 0.2) is 6.23 Å². The molecule has 6 heteroatoms. The van der Waals surface area contributed by atoms with Gasteiger partial charge in [0.25, 0.3) is 0 Å². The molecular formula is C17H20BClN2O2. The Kier molecular flexibility index (Phi) is 5.41. The standard InChI is InChI=1S/C17H20BClN2O2/c1-22-8-4-2-6-12-14(19)10-15-13(17(12)18)11-20-21(15)16-7-3-5-9-23-16/h2,6,10-11,16H,3-5,7-9H2,1H3/b6-2-. The number of hydrogen-bond acceptors (Lipinski definition) is 3. The van der Waals surface area contributed by atoms with E-state index in [1.165, 1.54) is 0 Å². The monoisotopic (exact) mass is 330 g/mol. The van der Waals surface area contributed by atoms with Crippen LogP contribution < -0.4 is 5.46 Å². The number of fused-ring (bicyclic) bond motifs is 1. The highest BCUT2D eigenvalue weighted by atomic mass is 35.5. The molecule has 0 saturated carbocycles.